The molecule has 0 aromatic carbocycles. The summed E-state index contributed by atoms with van der Waals surface area (Å²) >= 11 is 0. The van der Waals surface area contributed by atoms with E-state index < -0.39 is 17.3 Å². The molecule has 1 heterocycles. The molecule has 0 fully saturated rings. The predicted octanol–water partition coefficient (Wildman–Crippen LogP) is 0.311. The zero-order chi connectivity index (χ0) is 10.0. The van der Waals surface area contributed by atoms with E-state index >= 15 is 0 Å². The van der Waals surface area contributed by atoms with Gasteiger partial charge in [-0.25, -0.2) is 9.18 Å². The number of methoxy groups -OCH3 is 1. The molecule has 0 aliphatic heterocycles. The second kappa shape index (κ2) is 3.38. The Morgan fingerprint density at radius 2 is 2.15 bits per heavy atom. The fourth-order valence-electron chi connectivity index (χ4n) is 0.937. The first-order valence-electron chi connectivity index (χ1n) is 3.51. The lowest BCUT2D eigenvalue weighted by Crippen LogP contribution is -2.24. The molecule has 0 saturated carbocycles. The number of rotatable bonds is 1. The van der Waals surface area contributed by atoms with Gasteiger partial charge in [-0.05, 0) is 6.07 Å². The molecule has 0 saturated heterocycles. The van der Waals surface area contributed by atoms with Gasteiger partial charge in [-0.2, -0.15) is 0 Å². The van der Waals surface area contributed by atoms with E-state index in [1.807, 2.05) is 0 Å². The SMILES string of the molecule is COC(=O)c1c(F)ccc(=O)n1C. The van der Waals surface area contributed by atoms with Crippen LogP contribution >= 0.6 is 0 Å². The highest BCUT2D eigenvalue weighted by Crippen LogP contribution is 2.03. The first kappa shape index (κ1) is 9.44. The van der Waals surface area contributed by atoms with Crippen molar-refractivity contribution in [1.82, 2.24) is 4.57 Å². The van der Waals surface area contributed by atoms with Crippen LogP contribution in [0.25, 0.3) is 0 Å². The molecule has 0 bridgehead atoms. The van der Waals surface area contributed by atoms with E-state index in [9.17, 15) is 14.0 Å². The first-order valence-corrected chi connectivity index (χ1v) is 3.51. The van der Waals surface area contributed by atoms with Crippen LogP contribution in [0.1, 0.15) is 10.5 Å². The number of ether oxygens (including phenoxy) is 1. The average molecular weight is 185 g/mol. The minimum atomic E-state index is -0.863. The lowest BCUT2D eigenvalue weighted by Gasteiger charge is -2.05. The smallest absolute Gasteiger partial charge is 0.357 e. The quantitative estimate of drug-likeness (QED) is 0.591. The van der Waals surface area contributed by atoms with Gasteiger partial charge in [0, 0.05) is 13.1 Å². The Bertz CT molecular complexity index is 397. The summed E-state index contributed by atoms with van der Waals surface area (Å²) in [6.45, 7) is 0. The molecule has 0 aliphatic carbocycles. The van der Waals surface area contributed by atoms with E-state index in [0.29, 0.717) is 0 Å². The van der Waals surface area contributed by atoms with Gasteiger partial charge in [-0.1, -0.05) is 0 Å². The summed E-state index contributed by atoms with van der Waals surface area (Å²) in [5.41, 5.74) is -0.822. The highest BCUT2D eigenvalue weighted by atomic mass is 19.1. The van der Waals surface area contributed by atoms with Crippen LogP contribution < -0.4 is 5.56 Å². The Balaban J connectivity index is 3.42. The Labute approximate surface area is 73.6 Å². The minimum absolute atomic E-state index is 0.366. The number of carbonyl (C=O) groups is 1. The number of hydrogen-bond donors (Lipinski definition) is 0. The van der Waals surface area contributed by atoms with Gasteiger partial charge < -0.3 is 9.30 Å². The van der Waals surface area contributed by atoms with Crippen molar-refractivity contribution >= 4 is 5.97 Å². The van der Waals surface area contributed by atoms with Crippen molar-refractivity contribution in [3.05, 3.63) is 34.0 Å². The van der Waals surface area contributed by atoms with Gasteiger partial charge in [0.2, 0.25) is 0 Å². The van der Waals surface area contributed by atoms with Crippen LogP contribution in [0.2, 0.25) is 0 Å². The standard InChI is InChI=1S/C8H8FNO3/c1-10-6(11)4-3-5(9)7(10)8(12)13-2/h3-4H,1-2H3. The molecule has 0 N–H and O–H groups in total. The number of aromatic nitrogens is 1. The number of esters is 1. The maximum absolute atomic E-state index is 13.0. The summed E-state index contributed by atoms with van der Waals surface area (Å²) in [4.78, 5) is 22.0. The van der Waals surface area contributed by atoms with Gasteiger partial charge in [0.25, 0.3) is 5.56 Å². The van der Waals surface area contributed by atoms with Crippen LogP contribution in [0.3, 0.4) is 0 Å². The van der Waals surface area contributed by atoms with Crippen LogP contribution in [0.5, 0.6) is 0 Å². The third-order valence-electron chi connectivity index (χ3n) is 1.64. The van der Waals surface area contributed by atoms with Crippen molar-refractivity contribution in [3.8, 4) is 0 Å². The largest absolute Gasteiger partial charge is 0.464 e. The summed E-state index contributed by atoms with van der Waals surface area (Å²) in [6.07, 6.45) is 0. The first-order chi connectivity index (χ1) is 6.07. The van der Waals surface area contributed by atoms with Crippen molar-refractivity contribution in [2.45, 2.75) is 0 Å². The van der Waals surface area contributed by atoms with E-state index in [2.05, 4.69) is 4.74 Å². The normalized spacial score (nSPS) is 9.77. The van der Waals surface area contributed by atoms with Crippen LogP contribution in [-0.4, -0.2) is 17.6 Å². The van der Waals surface area contributed by atoms with Crippen molar-refractivity contribution in [2.75, 3.05) is 7.11 Å². The Kier molecular flexibility index (Phi) is 2.46. The van der Waals surface area contributed by atoms with Gasteiger partial charge in [-0.3, -0.25) is 4.79 Å². The zero-order valence-corrected chi connectivity index (χ0v) is 7.20. The highest BCUT2D eigenvalue weighted by Gasteiger charge is 2.15. The third-order valence-corrected chi connectivity index (χ3v) is 1.64. The number of nitrogens with zero attached hydrogens (tertiary/aromatic N) is 1. The second-order valence-corrected chi connectivity index (χ2v) is 2.42. The average Bonchev–Trinajstić information content (AvgIpc) is 2.12. The van der Waals surface area contributed by atoms with Crippen LogP contribution in [0.15, 0.2) is 16.9 Å². The summed E-state index contributed by atoms with van der Waals surface area (Å²) in [6, 6.07) is 1.98. The molecule has 0 unspecified atom stereocenters. The topological polar surface area (TPSA) is 48.3 Å². The van der Waals surface area contributed by atoms with Gasteiger partial charge >= 0.3 is 5.97 Å². The van der Waals surface area contributed by atoms with E-state index in [1.165, 1.54) is 7.05 Å². The molecule has 1 rings (SSSR count). The summed E-state index contributed by atoms with van der Waals surface area (Å²) in [7, 11) is 2.43. The minimum Gasteiger partial charge on any atom is -0.464 e. The molecule has 4 nitrogen and oxygen atoms in total. The third kappa shape index (κ3) is 1.58. The molecule has 0 aliphatic rings. The highest BCUT2D eigenvalue weighted by molar-refractivity contribution is 5.87. The lowest BCUT2D eigenvalue weighted by atomic mass is 10.3. The summed E-state index contributed by atoms with van der Waals surface area (Å²) in [5.74, 6) is -1.63. The Hall–Kier alpha value is -1.65. The lowest BCUT2D eigenvalue weighted by molar-refractivity contribution is 0.0582. The van der Waals surface area contributed by atoms with Crippen LogP contribution in [-0.2, 0) is 11.8 Å². The summed E-state index contributed by atoms with van der Waals surface area (Å²) < 4.78 is 18.2. The predicted molar refractivity (Wildman–Crippen MR) is 43.0 cm³/mol. The van der Waals surface area contributed by atoms with Crippen LogP contribution in [0, 0.1) is 5.82 Å². The van der Waals surface area contributed by atoms with Gasteiger partial charge in [-0.15, -0.1) is 0 Å². The molecule has 5 heteroatoms. The van der Waals surface area contributed by atoms with Crippen LogP contribution in [0.4, 0.5) is 4.39 Å². The molecule has 1 aromatic heterocycles. The number of halogens is 1. The molecule has 70 valence electrons. The maximum Gasteiger partial charge on any atom is 0.357 e. The summed E-state index contributed by atoms with van der Waals surface area (Å²) in [5, 5.41) is 0. The molecular formula is C8H8FNO3. The molecule has 0 spiro atoms. The van der Waals surface area contributed by atoms with Gasteiger partial charge in [0.15, 0.2) is 11.5 Å². The van der Waals surface area contributed by atoms with Gasteiger partial charge in [0.05, 0.1) is 7.11 Å². The molecule has 13 heavy (non-hydrogen) atoms. The van der Waals surface area contributed by atoms with Crippen molar-refractivity contribution < 1.29 is 13.9 Å². The number of carbonyl (C=O) groups excluding carboxylic acids is 1. The monoisotopic (exact) mass is 185 g/mol. The van der Waals surface area contributed by atoms with Crippen molar-refractivity contribution in [2.24, 2.45) is 7.05 Å². The molecule has 0 amide bonds. The zero-order valence-electron chi connectivity index (χ0n) is 7.20. The Morgan fingerprint density at radius 1 is 1.54 bits per heavy atom. The van der Waals surface area contributed by atoms with E-state index in [4.69, 9.17) is 0 Å². The number of hydrogen-bond acceptors (Lipinski definition) is 3. The maximum atomic E-state index is 13.0. The number of pyridine rings is 1. The second-order valence-electron chi connectivity index (χ2n) is 2.42. The van der Waals surface area contributed by atoms with E-state index in [1.54, 1.807) is 0 Å². The fraction of sp³-hybridized carbons (Fsp3) is 0.250. The molecule has 0 radical (unpaired) electrons. The van der Waals surface area contributed by atoms with Gasteiger partial charge in [0.1, 0.15) is 0 Å². The molecule has 0 atom stereocenters. The van der Waals surface area contributed by atoms with Crippen molar-refractivity contribution in [1.29, 1.82) is 0 Å². The fourth-order valence-corrected chi connectivity index (χ4v) is 0.937. The van der Waals surface area contributed by atoms with E-state index in [-0.39, 0.29) is 5.69 Å². The van der Waals surface area contributed by atoms with E-state index in [0.717, 1.165) is 23.8 Å². The molecule has 1 aromatic rings. The Morgan fingerprint density at radius 3 is 2.69 bits per heavy atom. The molecular weight excluding hydrogens is 177 g/mol. The van der Waals surface area contributed by atoms with Crippen molar-refractivity contribution in [3.63, 3.8) is 0 Å².